The Morgan fingerprint density at radius 3 is 2.39 bits per heavy atom. The van der Waals surface area contributed by atoms with Crippen LogP contribution >= 0.6 is 0 Å². The first-order chi connectivity index (χ1) is 10.5. The predicted molar refractivity (Wildman–Crippen MR) is 74.5 cm³/mol. The number of carboxylic acid groups (broad SMARTS) is 1. The minimum absolute atomic E-state index is 0.0240. The molecule has 1 aromatic rings. The van der Waals surface area contributed by atoms with Gasteiger partial charge < -0.3 is 14.0 Å². The highest BCUT2D eigenvalue weighted by molar-refractivity contribution is 7.88. The molecule has 0 heterocycles. The van der Waals surface area contributed by atoms with Gasteiger partial charge in [-0.15, -0.1) is 0 Å². The molecule has 0 spiro atoms. The molecule has 0 atom stereocenters. The van der Waals surface area contributed by atoms with Gasteiger partial charge in [0, 0.05) is 5.57 Å². The summed E-state index contributed by atoms with van der Waals surface area (Å²) in [5.74, 6) is -2.08. The maximum Gasteiger partial charge on any atom is 0.534 e. The molecule has 0 unspecified atom stereocenters. The van der Waals surface area contributed by atoms with Gasteiger partial charge in [-0.05, 0) is 37.6 Å². The van der Waals surface area contributed by atoms with Gasteiger partial charge in [0.05, 0.1) is 6.61 Å². The van der Waals surface area contributed by atoms with E-state index in [1.54, 1.807) is 0 Å². The van der Waals surface area contributed by atoms with Crippen LogP contribution in [-0.4, -0.2) is 31.6 Å². The van der Waals surface area contributed by atoms with Crippen molar-refractivity contribution in [1.82, 2.24) is 0 Å². The van der Waals surface area contributed by atoms with Crippen LogP contribution < -0.4 is 8.92 Å². The van der Waals surface area contributed by atoms with Gasteiger partial charge in [-0.1, -0.05) is 6.07 Å². The summed E-state index contributed by atoms with van der Waals surface area (Å²) >= 11 is 0. The third-order valence-electron chi connectivity index (χ3n) is 2.47. The highest BCUT2D eigenvalue weighted by Crippen LogP contribution is 2.34. The van der Waals surface area contributed by atoms with Gasteiger partial charge in [-0.2, -0.15) is 21.6 Å². The van der Waals surface area contributed by atoms with E-state index in [1.807, 2.05) is 0 Å². The SMILES string of the molecule is CCOc1cc(C=C(C)C(=O)O)ccc1OS(=O)(=O)C(F)(F)F. The monoisotopic (exact) mass is 354 g/mol. The Kier molecular flexibility index (Phi) is 5.65. The van der Waals surface area contributed by atoms with Gasteiger partial charge in [0.25, 0.3) is 0 Å². The van der Waals surface area contributed by atoms with Gasteiger partial charge in [0.2, 0.25) is 0 Å². The van der Waals surface area contributed by atoms with Crippen molar-refractivity contribution in [2.45, 2.75) is 19.4 Å². The lowest BCUT2D eigenvalue weighted by Gasteiger charge is -2.13. The lowest BCUT2D eigenvalue weighted by atomic mass is 10.1. The number of benzene rings is 1. The predicted octanol–water partition coefficient (Wildman–Crippen LogP) is 2.80. The molecule has 0 aromatic heterocycles. The second-order valence-electron chi connectivity index (χ2n) is 4.25. The van der Waals surface area contributed by atoms with Crippen LogP contribution in [0.2, 0.25) is 0 Å². The number of alkyl halides is 3. The van der Waals surface area contributed by atoms with Crippen molar-refractivity contribution in [3.8, 4) is 11.5 Å². The minimum Gasteiger partial charge on any atom is -0.490 e. The minimum atomic E-state index is -5.83. The summed E-state index contributed by atoms with van der Waals surface area (Å²) in [4.78, 5) is 10.8. The maximum atomic E-state index is 12.3. The number of carbonyl (C=O) groups is 1. The van der Waals surface area contributed by atoms with E-state index in [9.17, 15) is 26.4 Å². The number of ether oxygens (including phenoxy) is 1. The Morgan fingerprint density at radius 2 is 1.91 bits per heavy atom. The molecule has 6 nitrogen and oxygen atoms in total. The van der Waals surface area contributed by atoms with Gasteiger partial charge in [0.1, 0.15) is 0 Å². The van der Waals surface area contributed by atoms with E-state index in [0.717, 1.165) is 6.07 Å². The third-order valence-corrected chi connectivity index (χ3v) is 3.44. The first-order valence-corrected chi connectivity index (χ1v) is 7.58. The van der Waals surface area contributed by atoms with Crippen LogP contribution in [0.3, 0.4) is 0 Å². The van der Waals surface area contributed by atoms with Gasteiger partial charge >= 0.3 is 21.6 Å². The molecule has 0 aliphatic rings. The second kappa shape index (κ2) is 6.90. The summed E-state index contributed by atoms with van der Waals surface area (Å²) in [6.45, 7) is 2.89. The summed E-state index contributed by atoms with van der Waals surface area (Å²) < 4.78 is 68.2. The van der Waals surface area contributed by atoms with Crippen LogP contribution in [-0.2, 0) is 14.9 Å². The van der Waals surface area contributed by atoms with Crippen molar-refractivity contribution >= 4 is 22.2 Å². The van der Waals surface area contributed by atoms with E-state index in [4.69, 9.17) is 9.84 Å². The van der Waals surface area contributed by atoms with Crippen molar-refractivity contribution in [3.05, 3.63) is 29.3 Å². The first-order valence-electron chi connectivity index (χ1n) is 6.17. The van der Waals surface area contributed by atoms with Crippen LogP contribution in [0.4, 0.5) is 13.2 Å². The fourth-order valence-corrected chi connectivity index (χ4v) is 1.90. The van der Waals surface area contributed by atoms with Gasteiger partial charge in [-0.25, -0.2) is 4.79 Å². The summed E-state index contributed by atoms with van der Waals surface area (Å²) in [6, 6.07) is 3.34. The molecule has 0 amide bonds. The van der Waals surface area contributed by atoms with E-state index < -0.39 is 27.3 Å². The van der Waals surface area contributed by atoms with E-state index in [2.05, 4.69) is 4.18 Å². The molecule has 0 saturated heterocycles. The molecular weight excluding hydrogens is 341 g/mol. The van der Waals surface area contributed by atoms with Crippen molar-refractivity contribution in [1.29, 1.82) is 0 Å². The number of aliphatic carboxylic acids is 1. The molecule has 1 N–H and O–H groups in total. The van der Waals surface area contributed by atoms with Crippen molar-refractivity contribution in [3.63, 3.8) is 0 Å². The van der Waals surface area contributed by atoms with E-state index in [-0.39, 0.29) is 17.9 Å². The lowest BCUT2D eigenvalue weighted by molar-refractivity contribution is -0.132. The maximum absolute atomic E-state index is 12.3. The molecule has 0 aliphatic heterocycles. The molecule has 10 heteroatoms. The molecule has 1 aromatic carbocycles. The highest BCUT2D eigenvalue weighted by atomic mass is 32.2. The third kappa shape index (κ3) is 4.88. The number of carboxylic acids is 1. The van der Waals surface area contributed by atoms with Crippen LogP contribution in [0.1, 0.15) is 19.4 Å². The van der Waals surface area contributed by atoms with Gasteiger partial charge in [-0.3, -0.25) is 0 Å². The van der Waals surface area contributed by atoms with Crippen molar-refractivity contribution in [2.24, 2.45) is 0 Å². The van der Waals surface area contributed by atoms with Crippen LogP contribution in [0.5, 0.6) is 11.5 Å². The second-order valence-corrected chi connectivity index (χ2v) is 5.79. The standard InChI is InChI=1S/C13H13F3O6S/c1-3-21-11-7-9(6-8(2)12(17)18)4-5-10(11)22-23(19,20)13(14,15)16/h4-7H,3H2,1-2H3,(H,17,18). The number of hydrogen-bond acceptors (Lipinski definition) is 5. The fraction of sp³-hybridized carbons (Fsp3) is 0.308. The summed E-state index contributed by atoms with van der Waals surface area (Å²) in [5, 5.41) is 8.78. The van der Waals surface area contributed by atoms with Crippen molar-refractivity contribution in [2.75, 3.05) is 6.61 Å². The summed E-state index contributed by atoms with van der Waals surface area (Å²) in [7, 11) is -5.83. The molecule has 1 rings (SSSR count). The molecule has 0 aliphatic carbocycles. The first kappa shape index (κ1) is 18.8. The molecular formula is C13H13F3O6S. The molecule has 0 bridgehead atoms. The average molecular weight is 354 g/mol. The molecule has 0 fully saturated rings. The summed E-state index contributed by atoms with van der Waals surface area (Å²) in [6.07, 6.45) is 1.24. The van der Waals surface area contributed by atoms with Gasteiger partial charge in [0.15, 0.2) is 11.5 Å². The number of rotatable bonds is 6. The molecule has 23 heavy (non-hydrogen) atoms. The zero-order valence-corrected chi connectivity index (χ0v) is 12.9. The summed E-state index contributed by atoms with van der Waals surface area (Å²) in [5.41, 5.74) is -5.30. The number of hydrogen-bond donors (Lipinski definition) is 1. The van der Waals surface area contributed by atoms with Crippen molar-refractivity contribution < 1.29 is 40.4 Å². The van der Waals surface area contributed by atoms with Crippen LogP contribution in [0.25, 0.3) is 6.08 Å². The van der Waals surface area contributed by atoms with E-state index in [0.29, 0.717) is 5.56 Å². The van der Waals surface area contributed by atoms with E-state index >= 15 is 0 Å². The largest absolute Gasteiger partial charge is 0.534 e. The molecule has 0 saturated carbocycles. The van der Waals surface area contributed by atoms with E-state index in [1.165, 1.54) is 32.1 Å². The Balaban J connectivity index is 3.25. The molecule has 128 valence electrons. The zero-order chi connectivity index (χ0) is 17.8. The lowest BCUT2D eigenvalue weighted by Crippen LogP contribution is -2.28. The topological polar surface area (TPSA) is 89.9 Å². The normalized spacial score (nSPS) is 12.8. The zero-order valence-electron chi connectivity index (χ0n) is 12.0. The Labute approximate surface area is 130 Å². The smallest absolute Gasteiger partial charge is 0.490 e. The quantitative estimate of drug-likeness (QED) is 0.480. The fourth-order valence-electron chi connectivity index (χ4n) is 1.43. The Hall–Kier alpha value is -2.23. The Morgan fingerprint density at radius 1 is 1.30 bits per heavy atom. The number of halogens is 3. The van der Waals surface area contributed by atoms with Crippen LogP contribution in [0, 0.1) is 0 Å². The Bertz CT molecular complexity index is 722. The average Bonchev–Trinajstić information content (AvgIpc) is 2.40. The molecule has 0 radical (unpaired) electrons. The van der Waals surface area contributed by atoms with Crippen LogP contribution in [0.15, 0.2) is 23.8 Å². The highest BCUT2D eigenvalue weighted by Gasteiger charge is 2.48.